The van der Waals surface area contributed by atoms with E-state index in [0.717, 1.165) is 22.6 Å². The van der Waals surface area contributed by atoms with E-state index < -0.39 is 36.4 Å². The van der Waals surface area contributed by atoms with Crippen LogP contribution in [0.2, 0.25) is 0 Å². The number of hydrogen-bond acceptors (Lipinski definition) is 8. The van der Waals surface area contributed by atoms with Gasteiger partial charge >= 0.3 is 11.9 Å². The molecule has 2 aliphatic heterocycles. The van der Waals surface area contributed by atoms with Gasteiger partial charge in [-0.1, -0.05) is 24.3 Å². The highest BCUT2D eigenvalue weighted by atomic mass is 16.7. The van der Waals surface area contributed by atoms with Gasteiger partial charge in [0.15, 0.2) is 12.2 Å². The molecule has 2 aromatic carbocycles. The highest BCUT2D eigenvalue weighted by Gasteiger charge is 2.50. The number of rotatable bonds is 8. The second-order valence-corrected chi connectivity index (χ2v) is 7.76. The van der Waals surface area contributed by atoms with Gasteiger partial charge in [-0.3, -0.25) is 0 Å². The van der Waals surface area contributed by atoms with Crippen molar-refractivity contribution >= 4 is 24.1 Å². The van der Waals surface area contributed by atoms with Crippen LogP contribution in [-0.4, -0.2) is 63.8 Å². The average molecular weight is 466 g/mol. The maximum atomic E-state index is 12.3. The molecule has 0 bridgehead atoms. The number of hydrogen-bond donors (Lipinski definition) is 0. The fourth-order valence-corrected chi connectivity index (χ4v) is 3.77. The summed E-state index contributed by atoms with van der Waals surface area (Å²) in [5.74, 6) is 0.463. The van der Waals surface area contributed by atoms with Crippen molar-refractivity contribution in [3.63, 3.8) is 0 Å². The molecule has 2 aliphatic rings. The quantitative estimate of drug-likeness (QED) is 0.433. The van der Waals surface area contributed by atoms with Gasteiger partial charge in [0.05, 0.1) is 27.4 Å². The molecule has 0 N–H and O–H groups in total. The summed E-state index contributed by atoms with van der Waals surface area (Å²) in [5, 5.41) is 0. The number of ether oxygens (including phenoxy) is 6. The Kier molecular flexibility index (Phi) is 7.61. The lowest BCUT2D eigenvalue weighted by atomic mass is 10.1. The van der Waals surface area contributed by atoms with E-state index in [9.17, 15) is 9.59 Å². The molecule has 0 unspecified atom stereocenters. The van der Waals surface area contributed by atoms with Gasteiger partial charge in [0, 0.05) is 12.2 Å². The number of carbonyl (C=O) groups is 2. The van der Waals surface area contributed by atoms with E-state index in [-0.39, 0.29) is 13.2 Å². The van der Waals surface area contributed by atoms with Gasteiger partial charge in [-0.2, -0.15) is 0 Å². The van der Waals surface area contributed by atoms with Crippen molar-refractivity contribution < 1.29 is 38.0 Å². The van der Waals surface area contributed by atoms with E-state index in [1.807, 2.05) is 24.3 Å². The predicted molar refractivity (Wildman–Crippen MR) is 123 cm³/mol. The van der Waals surface area contributed by atoms with Gasteiger partial charge in [0.1, 0.15) is 23.7 Å². The number of carbonyl (C=O) groups excluding carboxylic acids is 2. The molecule has 2 aromatic rings. The van der Waals surface area contributed by atoms with E-state index >= 15 is 0 Å². The molecule has 0 aromatic heterocycles. The second-order valence-electron chi connectivity index (χ2n) is 7.76. The SMILES string of the molecule is COc1ccc(/C=C\C(=O)O[C@H]2CO[C@H]3[C@@H]2OC[C@H]3OC(=O)/C=C\c2ccc(OC)cc2)cc1. The molecule has 178 valence electrons. The third-order valence-corrected chi connectivity index (χ3v) is 5.55. The summed E-state index contributed by atoms with van der Waals surface area (Å²) in [7, 11) is 3.18. The molecule has 2 heterocycles. The van der Waals surface area contributed by atoms with Crippen LogP contribution >= 0.6 is 0 Å². The van der Waals surface area contributed by atoms with Crippen LogP contribution in [0.25, 0.3) is 12.2 Å². The van der Waals surface area contributed by atoms with E-state index in [1.165, 1.54) is 12.2 Å². The zero-order valence-corrected chi connectivity index (χ0v) is 18.9. The Balaban J connectivity index is 1.26. The monoisotopic (exact) mass is 466 g/mol. The predicted octanol–water partition coefficient (Wildman–Crippen LogP) is 3.05. The smallest absolute Gasteiger partial charge is 0.331 e. The molecule has 0 aliphatic carbocycles. The largest absolute Gasteiger partial charge is 0.497 e. The molecule has 4 atom stereocenters. The molecule has 0 saturated carbocycles. The van der Waals surface area contributed by atoms with Crippen molar-refractivity contribution in [3.05, 3.63) is 71.8 Å². The lowest BCUT2D eigenvalue weighted by molar-refractivity contribution is -0.149. The first-order valence-electron chi connectivity index (χ1n) is 10.8. The Morgan fingerprint density at radius 1 is 0.706 bits per heavy atom. The fourth-order valence-electron chi connectivity index (χ4n) is 3.77. The zero-order valence-electron chi connectivity index (χ0n) is 18.9. The Morgan fingerprint density at radius 3 is 1.44 bits per heavy atom. The fraction of sp³-hybridized carbons (Fsp3) is 0.308. The summed E-state index contributed by atoms with van der Waals surface area (Å²) in [6, 6.07) is 14.6. The lowest BCUT2D eigenvalue weighted by Crippen LogP contribution is -2.35. The Bertz CT molecular complexity index is 956. The molecular formula is C26H26O8. The number of methoxy groups -OCH3 is 2. The van der Waals surface area contributed by atoms with Crippen molar-refractivity contribution in [2.45, 2.75) is 24.4 Å². The van der Waals surface area contributed by atoms with Crippen molar-refractivity contribution in [2.24, 2.45) is 0 Å². The topological polar surface area (TPSA) is 89.5 Å². The molecule has 8 nitrogen and oxygen atoms in total. The van der Waals surface area contributed by atoms with Crippen LogP contribution in [0, 0.1) is 0 Å². The minimum absolute atomic E-state index is 0.174. The van der Waals surface area contributed by atoms with Crippen molar-refractivity contribution in [3.8, 4) is 11.5 Å². The number of benzene rings is 2. The first-order valence-corrected chi connectivity index (χ1v) is 10.8. The molecule has 0 spiro atoms. The second kappa shape index (κ2) is 11.0. The van der Waals surface area contributed by atoms with Crippen LogP contribution in [-0.2, 0) is 28.5 Å². The zero-order chi connectivity index (χ0) is 23.9. The summed E-state index contributed by atoms with van der Waals surface area (Å²) >= 11 is 0. The Labute approximate surface area is 197 Å². The highest BCUT2D eigenvalue weighted by molar-refractivity contribution is 5.87. The Hall–Kier alpha value is -3.62. The van der Waals surface area contributed by atoms with E-state index in [1.54, 1.807) is 50.6 Å². The number of esters is 2. The van der Waals surface area contributed by atoms with Crippen LogP contribution in [0.15, 0.2) is 60.7 Å². The average Bonchev–Trinajstić information content (AvgIpc) is 3.45. The first-order chi connectivity index (χ1) is 16.6. The maximum absolute atomic E-state index is 12.3. The first kappa shape index (κ1) is 23.5. The summed E-state index contributed by atoms with van der Waals surface area (Å²) in [4.78, 5) is 24.5. The third kappa shape index (κ3) is 5.84. The van der Waals surface area contributed by atoms with Crippen LogP contribution in [0.5, 0.6) is 11.5 Å². The van der Waals surface area contributed by atoms with Crippen LogP contribution in [0.4, 0.5) is 0 Å². The molecular weight excluding hydrogens is 440 g/mol. The molecule has 2 fully saturated rings. The van der Waals surface area contributed by atoms with E-state index in [2.05, 4.69) is 0 Å². The third-order valence-electron chi connectivity index (χ3n) is 5.55. The standard InChI is InChI=1S/C26H26O8/c1-29-19-9-3-17(4-10-19)7-13-23(27)33-21-15-31-26-22(16-32-25(21)26)34-24(28)14-8-18-5-11-20(30-2)12-6-18/h3-14,21-22,25-26H,15-16H2,1-2H3/b13-7-,14-8-/t21-,22+,25-,26-/m1/s1. The van der Waals surface area contributed by atoms with Gasteiger partial charge in [-0.15, -0.1) is 0 Å². The molecule has 0 radical (unpaired) electrons. The highest BCUT2D eigenvalue weighted by Crippen LogP contribution is 2.31. The number of fused-ring (bicyclic) bond motifs is 1. The van der Waals surface area contributed by atoms with Crippen LogP contribution in [0.1, 0.15) is 11.1 Å². The van der Waals surface area contributed by atoms with Gasteiger partial charge in [-0.25, -0.2) is 9.59 Å². The molecule has 34 heavy (non-hydrogen) atoms. The van der Waals surface area contributed by atoms with Crippen molar-refractivity contribution in [2.75, 3.05) is 27.4 Å². The summed E-state index contributed by atoms with van der Waals surface area (Å²) in [6.07, 6.45) is 3.91. The van der Waals surface area contributed by atoms with Crippen LogP contribution in [0.3, 0.4) is 0 Å². The minimum atomic E-state index is -0.573. The summed E-state index contributed by atoms with van der Waals surface area (Å²) in [6.45, 7) is 0.348. The van der Waals surface area contributed by atoms with Gasteiger partial charge in [0.2, 0.25) is 0 Å². The van der Waals surface area contributed by atoms with E-state index in [4.69, 9.17) is 28.4 Å². The molecule has 4 rings (SSSR count). The molecule has 8 heteroatoms. The van der Waals surface area contributed by atoms with Gasteiger partial charge in [0.25, 0.3) is 0 Å². The molecule has 0 amide bonds. The van der Waals surface area contributed by atoms with Gasteiger partial charge < -0.3 is 28.4 Å². The van der Waals surface area contributed by atoms with Crippen molar-refractivity contribution in [1.82, 2.24) is 0 Å². The normalized spacial score (nSPS) is 23.7. The minimum Gasteiger partial charge on any atom is -0.497 e. The van der Waals surface area contributed by atoms with Crippen LogP contribution < -0.4 is 9.47 Å². The Morgan fingerprint density at radius 2 is 1.09 bits per heavy atom. The van der Waals surface area contributed by atoms with E-state index in [0.29, 0.717) is 0 Å². The summed E-state index contributed by atoms with van der Waals surface area (Å²) in [5.41, 5.74) is 1.68. The maximum Gasteiger partial charge on any atom is 0.331 e. The van der Waals surface area contributed by atoms with Crippen molar-refractivity contribution in [1.29, 1.82) is 0 Å². The lowest BCUT2D eigenvalue weighted by Gasteiger charge is -2.16. The molecule has 2 saturated heterocycles. The summed E-state index contributed by atoms with van der Waals surface area (Å²) < 4.78 is 32.7. The van der Waals surface area contributed by atoms with Gasteiger partial charge in [-0.05, 0) is 47.5 Å².